The summed E-state index contributed by atoms with van der Waals surface area (Å²) >= 11 is 5.12. The zero-order valence-electron chi connectivity index (χ0n) is 21.1. The molecule has 1 N–H and O–H groups in total. The van der Waals surface area contributed by atoms with Gasteiger partial charge in [-0.3, -0.25) is 0 Å². The molecule has 188 valence electrons. The van der Waals surface area contributed by atoms with E-state index in [2.05, 4.69) is 13.8 Å². The van der Waals surface area contributed by atoms with Crippen LogP contribution >= 0.6 is 6.72 Å². The van der Waals surface area contributed by atoms with E-state index in [9.17, 15) is 4.89 Å². The molecule has 0 aliphatic carbocycles. The monoisotopic (exact) mass is 478 g/mol. The second-order valence-corrected chi connectivity index (χ2v) is 12.0. The van der Waals surface area contributed by atoms with E-state index >= 15 is 0 Å². The fourth-order valence-corrected chi connectivity index (χ4v) is 5.17. The highest BCUT2D eigenvalue weighted by Gasteiger charge is 2.14. The number of hydrogen-bond acceptors (Lipinski definition) is 3. The number of hydrogen-bond donors (Lipinski definition) is 1. The SMILES string of the molecule is CCCCCCCCCCCCCOP(O)(=S)OCCCCCCCCCCCCC. The highest BCUT2D eigenvalue weighted by Crippen LogP contribution is 2.44. The van der Waals surface area contributed by atoms with Crippen LogP contribution < -0.4 is 0 Å². The molecule has 0 unspecified atom stereocenters. The Hall–Kier alpha value is 0.530. The van der Waals surface area contributed by atoms with Crippen LogP contribution in [-0.4, -0.2) is 18.1 Å². The van der Waals surface area contributed by atoms with Gasteiger partial charge in [-0.2, -0.15) is 0 Å². The Bertz CT molecular complexity index is 361. The van der Waals surface area contributed by atoms with Gasteiger partial charge in [0.15, 0.2) is 0 Å². The molecule has 0 amide bonds. The molecule has 0 rings (SSSR count). The van der Waals surface area contributed by atoms with Crippen molar-refractivity contribution in [2.75, 3.05) is 13.2 Å². The van der Waals surface area contributed by atoms with E-state index in [0.717, 1.165) is 25.7 Å². The minimum absolute atomic E-state index is 0.531. The van der Waals surface area contributed by atoms with Gasteiger partial charge in [-0.1, -0.05) is 142 Å². The van der Waals surface area contributed by atoms with Gasteiger partial charge in [0, 0.05) is 0 Å². The Morgan fingerprint density at radius 1 is 0.452 bits per heavy atom. The van der Waals surface area contributed by atoms with Crippen LogP contribution in [-0.2, 0) is 20.9 Å². The molecule has 0 fully saturated rings. The van der Waals surface area contributed by atoms with E-state index in [-0.39, 0.29) is 0 Å². The highest BCUT2D eigenvalue weighted by atomic mass is 32.5. The molecule has 0 heterocycles. The molecule has 31 heavy (non-hydrogen) atoms. The molecular weight excluding hydrogens is 423 g/mol. The lowest BCUT2D eigenvalue weighted by molar-refractivity contribution is 0.190. The van der Waals surface area contributed by atoms with Crippen molar-refractivity contribution in [3.63, 3.8) is 0 Å². The Labute approximate surface area is 200 Å². The third-order valence-corrected chi connectivity index (χ3v) is 7.65. The lowest BCUT2D eigenvalue weighted by Gasteiger charge is -2.15. The van der Waals surface area contributed by atoms with Crippen molar-refractivity contribution in [1.82, 2.24) is 0 Å². The van der Waals surface area contributed by atoms with E-state index in [1.807, 2.05) is 0 Å². The van der Waals surface area contributed by atoms with Gasteiger partial charge in [0.25, 0.3) is 0 Å². The first-order chi connectivity index (χ1) is 15.1. The van der Waals surface area contributed by atoms with Gasteiger partial charge < -0.3 is 13.9 Å². The maximum absolute atomic E-state index is 10.1. The van der Waals surface area contributed by atoms with E-state index in [1.54, 1.807) is 0 Å². The average Bonchev–Trinajstić information content (AvgIpc) is 2.75. The Balaban J connectivity index is 3.30. The lowest BCUT2D eigenvalue weighted by atomic mass is 10.1. The van der Waals surface area contributed by atoms with Gasteiger partial charge in [0.2, 0.25) is 0 Å². The van der Waals surface area contributed by atoms with Crippen LogP contribution in [0.25, 0.3) is 0 Å². The fraction of sp³-hybridized carbons (Fsp3) is 1.00. The van der Waals surface area contributed by atoms with Crippen LogP contribution in [0.4, 0.5) is 0 Å². The molecule has 0 saturated carbocycles. The standard InChI is InChI=1S/C26H55O3PS/c1-3-5-7-9-11-13-15-17-19-21-23-25-28-30(27,31)29-26-24-22-20-18-16-14-12-10-8-6-4-2/h3-26H2,1-2H3,(H,27,31). The van der Waals surface area contributed by atoms with Crippen LogP contribution in [0.1, 0.15) is 155 Å². The minimum Gasteiger partial charge on any atom is -0.324 e. The Morgan fingerprint density at radius 3 is 0.935 bits per heavy atom. The molecule has 0 radical (unpaired) electrons. The summed E-state index contributed by atoms with van der Waals surface area (Å²) in [5.74, 6) is 0. The highest BCUT2D eigenvalue weighted by molar-refractivity contribution is 8.07. The molecule has 0 spiro atoms. The van der Waals surface area contributed by atoms with Gasteiger partial charge in [-0.25, -0.2) is 0 Å². The second-order valence-electron chi connectivity index (χ2n) is 9.21. The number of rotatable bonds is 26. The summed E-state index contributed by atoms with van der Waals surface area (Å²) in [4.78, 5) is 10.1. The van der Waals surface area contributed by atoms with Crippen LogP contribution in [0.5, 0.6) is 0 Å². The van der Waals surface area contributed by atoms with Crippen molar-refractivity contribution in [2.24, 2.45) is 0 Å². The van der Waals surface area contributed by atoms with Crippen molar-refractivity contribution >= 4 is 18.5 Å². The van der Waals surface area contributed by atoms with Crippen molar-refractivity contribution in [1.29, 1.82) is 0 Å². The van der Waals surface area contributed by atoms with E-state index in [4.69, 9.17) is 20.9 Å². The number of unbranched alkanes of at least 4 members (excludes halogenated alkanes) is 20. The fourth-order valence-electron chi connectivity index (χ4n) is 3.93. The molecule has 0 saturated heterocycles. The molecule has 0 aliphatic rings. The quantitative estimate of drug-likeness (QED) is 0.0991. The summed E-state index contributed by atoms with van der Waals surface area (Å²) in [6.07, 6.45) is 28.7. The normalized spacial score (nSPS) is 12.0. The topological polar surface area (TPSA) is 38.7 Å². The summed E-state index contributed by atoms with van der Waals surface area (Å²) < 4.78 is 10.9. The van der Waals surface area contributed by atoms with Crippen LogP contribution in [0.15, 0.2) is 0 Å². The summed E-state index contributed by atoms with van der Waals surface area (Å²) in [7, 11) is 0. The van der Waals surface area contributed by atoms with Crippen LogP contribution in [0, 0.1) is 0 Å². The van der Waals surface area contributed by atoms with Crippen molar-refractivity contribution in [3.8, 4) is 0 Å². The van der Waals surface area contributed by atoms with Crippen LogP contribution in [0.3, 0.4) is 0 Å². The molecule has 0 atom stereocenters. The van der Waals surface area contributed by atoms with Crippen molar-refractivity contribution < 1.29 is 13.9 Å². The molecule has 0 aromatic heterocycles. The third-order valence-electron chi connectivity index (χ3n) is 6.00. The Kier molecular flexibility index (Phi) is 25.6. The molecule has 0 aromatic carbocycles. The molecule has 0 bridgehead atoms. The molecular formula is C26H55O3PS. The average molecular weight is 479 g/mol. The summed E-state index contributed by atoms with van der Waals surface area (Å²) in [6, 6.07) is 0. The lowest BCUT2D eigenvalue weighted by Crippen LogP contribution is -1.99. The predicted molar refractivity (Wildman–Crippen MR) is 141 cm³/mol. The van der Waals surface area contributed by atoms with Crippen molar-refractivity contribution in [2.45, 2.75) is 155 Å². The largest absolute Gasteiger partial charge is 0.324 e. The molecule has 0 aliphatic heterocycles. The maximum atomic E-state index is 10.1. The third kappa shape index (κ3) is 26.7. The van der Waals surface area contributed by atoms with E-state index in [1.165, 1.54) is 116 Å². The predicted octanol–water partition coefficient (Wildman–Crippen LogP) is 9.86. The second kappa shape index (κ2) is 25.2. The van der Waals surface area contributed by atoms with Gasteiger partial charge in [0.1, 0.15) is 0 Å². The summed E-state index contributed by atoms with van der Waals surface area (Å²) in [6.45, 7) is 2.58. The first-order valence-electron chi connectivity index (χ1n) is 13.7. The Morgan fingerprint density at radius 2 is 0.677 bits per heavy atom. The van der Waals surface area contributed by atoms with Gasteiger partial charge in [0.05, 0.1) is 13.2 Å². The summed E-state index contributed by atoms with van der Waals surface area (Å²) in [5.41, 5.74) is 0. The maximum Gasteiger partial charge on any atom is 0.324 e. The first kappa shape index (κ1) is 31.5. The minimum atomic E-state index is -3.02. The van der Waals surface area contributed by atoms with E-state index < -0.39 is 6.72 Å². The zero-order valence-corrected chi connectivity index (χ0v) is 22.8. The zero-order chi connectivity index (χ0) is 22.9. The summed E-state index contributed by atoms with van der Waals surface area (Å²) in [5, 5.41) is 0. The first-order valence-corrected chi connectivity index (χ1v) is 16.3. The molecule has 0 aromatic rings. The van der Waals surface area contributed by atoms with Gasteiger partial charge >= 0.3 is 6.72 Å². The van der Waals surface area contributed by atoms with Crippen molar-refractivity contribution in [3.05, 3.63) is 0 Å². The smallest absolute Gasteiger partial charge is 0.324 e. The molecule has 3 nitrogen and oxygen atoms in total. The van der Waals surface area contributed by atoms with Gasteiger partial charge in [-0.15, -0.1) is 0 Å². The van der Waals surface area contributed by atoms with Crippen LogP contribution in [0.2, 0.25) is 0 Å². The molecule has 5 heteroatoms. The van der Waals surface area contributed by atoms with E-state index in [0.29, 0.717) is 13.2 Å². The van der Waals surface area contributed by atoms with Gasteiger partial charge in [-0.05, 0) is 24.6 Å².